The number of hydrogen-bond acceptors (Lipinski definition) is 5. The van der Waals surface area contributed by atoms with Crippen LogP contribution < -0.4 is 0 Å². The molecular weight excluding hydrogens is 296 g/mol. The van der Waals surface area contributed by atoms with Crippen molar-refractivity contribution in [2.75, 3.05) is 20.1 Å². The van der Waals surface area contributed by atoms with Crippen LogP contribution in [0.5, 0.6) is 0 Å². The second-order valence-electron chi connectivity index (χ2n) is 6.71. The normalized spacial score (nSPS) is 28.7. The SMILES string of the molecule is CN1C(=O)N(CC(=O)C2=CN=NC2)C(=O)C1(C)C1CCCCC1. The Kier molecular flexibility index (Phi) is 4.04. The summed E-state index contributed by atoms with van der Waals surface area (Å²) in [6, 6.07) is -0.385. The number of Topliss-reactive ketones (excluding diaryl/α,β-unsaturated/α-hetero) is 1. The van der Waals surface area contributed by atoms with E-state index in [1.165, 1.54) is 17.5 Å². The fourth-order valence-corrected chi connectivity index (χ4v) is 3.81. The van der Waals surface area contributed by atoms with E-state index in [2.05, 4.69) is 10.2 Å². The lowest BCUT2D eigenvalue weighted by Crippen LogP contribution is -2.52. The number of hydrogen-bond donors (Lipinski definition) is 0. The Balaban J connectivity index is 1.78. The standard InChI is InChI=1S/C16H22N4O3/c1-16(12-6-4-3-5-7-12)14(22)20(15(23)19(16)2)10-13(21)11-8-17-18-9-11/h8,12H,3-7,9-10H2,1-2H3. The molecule has 2 fully saturated rings. The fraction of sp³-hybridized carbons (Fsp3) is 0.688. The van der Waals surface area contributed by atoms with Gasteiger partial charge in [0, 0.05) is 12.6 Å². The third kappa shape index (κ3) is 2.48. The van der Waals surface area contributed by atoms with Gasteiger partial charge in [-0.1, -0.05) is 19.3 Å². The molecule has 7 nitrogen and oxygen atoms in total. The van der Waals surface area contributed by atoms with Gasteiger partial charge in [-0.3, -0.25) is 14.5 Å². The van der Waals surface area contributed by atoms with Crippen LogP contribution >= 0.6 is 0 Å². The molecule has 7 heteroatoms. The van der Waals surface area contributed by atoms with Gasteiger partial charge in [0.1, 0.15) is 5.54 Å². The average Bonchev–Trinajstić information content (AvgIpc) is 3.16. The molecule has 1 aliphatic carbocycles. The van der Waals surface area contributed by atoms with Crippen LogP contribution in [0.4, 0.5) is 4.79 Å². The average molecular weight is 318 g/mol. The summed E-state index contributed by atoms with van der Waals surface area (Å²) in [6.45, 7) is 1.85. The number of imide groups is 1. The van der Waals surface area contributed by atoms with Crippen LogP contribution in [0, 0.1) is 5.92 Å². The monoisotopic (exact) mass is 318 g/mol. The van der Waals surface area contributed by atoms with Crippen molar-refractivity contribution in [3.63, 3.8) is 0 Å². The molecule has 3 amide bonds. The first-order chi connectivity index (χ1) is 11.0. The van der Waals surface area contributed by atoms with Crippen molar-refractivity contribution in [2.24, 2.45) is 16.1 Å². The van der Waals surface area contributed by atoms with E-state index in [0.29, 0.717) is 5.57 Å². The first-order valence-electron chi connectivity index (χ1n) is 8.15. The minimum atomic E-state index is -0.837. The highest BCUT2D eigenvalue weighted by Gasteiger charge is 2.56. The maximum absolute atomic E-state index is 12.9. The number of rotatable bonds is 4. The summed E-state index contributed by atoms with van der Waals surface area (Å²) in [7, 11) is 1.67. The van der Waals surface area contributed by atoms with Gasteiger partial charge in [0.15, 0.2) is 5.78 Å². The van der Waals surface area contributed by atoms with Crippen LogP contribution in [0.3, 0.4) is 0 Å². The lowest BCUT2D eigenvalue weighted by Gasteiger charge is -2.38. The minimum absolute atomic E-state index is 0.161. The molecule has 3 aliphatic rings. The molecule has 2 aliphatic heterocycles. The number of likely N-dealkylation sites (N-methyl/N-ethyl adjacent to an activating group) is 1. The van der Waals surface area contributed by atoms with Gasteiger partial charge in [-0.2, -0.15) is 10.2 Å². The fourth-order valence-electron chi connectivity index (χ4n) is 3.81. The summed E-state index contributed by atoms with van der Waals surface area (Å²) in [5.74, 6) is -0.357. The number of ketones is 1. The molecule has 124 valence electrons. The van der Waals surface area contributed by atoms with Gasteiger partial charge >= 0.3 is 6.03 Å². The Morgan fingerprint density at radius 3 is 2.61 bits per heavy atom. The molecule has 1 saturated heterocycles. The summed E-state index contributed by atoms with van der Waals surface area (Å²) >= 11 is 0. The highest BCUT2D eigenvalue weighted by atomic mass is 16.2. The molecule has 23 heavy (non-hydrogen) atoms. The van der Waals surface area contributed by atoms with Gasteiger partial charge in [0.25, 0.3) is 5.91 Å². The van der Waals surface area contributed by atoms with E-state index in [-0.39, 0.29) is 36.7 Å². The third-order valence-corrected chi connectivity index (χ3v) is 5.49. The van der Waals surface area contributed by atoms with E-state index >= 15 is 0 Å². The van der Waals surface area contributed by atoms with Gasteiger partial charge in [0.2, 0.25) is 0 Å². The molecule has 0 aromatic rings. The number of carbonyl (C=O) groups excluding carboxylic acids is 3. The second-order valence-corrected chi connectivity index (χ2v) is 6.71. The van der Waals surface area contributed by atoms with Crippen molar-refractivity contribution in [1.82, 2.24) is 9.80 Å². The van der Waals surface area contributed by atoms with Crippen molar-refractivity contribution < 1.29 is 14.4 Å². The highest BCUT2D eigenvalue weighted by Crippen LogP contribution is 2.40. The van der Waals surface area contributed by atoms with Crippen molar-refractivity contribution in [2.45, 2.75) is 44.6 Å². The number of carbonyl (C=O) groups is 3. The largest absolute Gasteiger partial charge is 0.327 e. The van der Waals surface area contributed by atoms with Crippen LogP contribution in [-0.4, -0.2) is 53.2 Å². The predicted molar refractivity (Wildman–Crippen MR) is 82.7 cm³/mol. The van der Waals surface area contributed by atoms with E-state index in [4.69, 9.17) is 0 Å². The van der Waals surface area contributed by atoms with Gasteiger partial charge in [-0.25, -0.2) is 4.79 Å². The lowest BCUT2D eigenvalue weighted by molar-refractivity contribution is -0.137. The Bertz CT molecular complexity index is 606. The van der Waals surface area contributed by atoms with Crippen LogP contribution in [0.2, 0.25) is 0 Å². The number of azo groups is 1. The molecule has 1 unspecified atom stereocenters. The molecule has 0 aromatic heterocycles. The summed E-state index contributed by atoms with van der Waals surface area (Å²) in [5, 5.41) is 7.39. The summed E-state index contributed by atoms with van der Waals surface area (Å²) < 4.78 is 0. The smallest absolute Gasteiger partial charge is 0.313 e. The maximum atomic E-state index is 12.9. The van der Waals surface area contributed by atoms with Crippen molar-refractivity contribution >= 4 is 17.7 Å². The number of nitrogens with zero attached hydrogens (tertiary/aromatic N) is 4. The highest BCUT2D eigenvalue weighted by molar-refractivity contribution is 6.11. The molecular formula is C16H22N4O3. The molecule has 2 heterocycles. The third-order valence-electron chi connectivity index (χ3n) is 5.49. The van der Waals surface area contributed by atoms with E-state index in [0.717, 1.165) is 30.6 Å². The van der Waals surface area contributed by atoms with Gasteiger partial charge in [0.05, 0.1) is 19.3 Å². The Morgan fingerprint density at radius 2 is 2.00 bits per heavy atom. The van der Waals surface area contributed by atoms with Crippen molar-refractivity contribution in [1.29, 1.82) is 0 Å². The molecule has 3 rings (SSSR count). The molecule has 1 saturated carbocycles. The minimum Gasteiger partial charge on any atom is -0.313 e. The molecule has 1 atom stereocenters. The lowest BCUT2D eigenvalue weighted by atomic mass is 9.75. The van der Waals surface area contributed by atoms with Crippen LogP contribution in [0.15, 0.2) is 22.0 Å². The molecule has 0 N–H and O–H groups in total. The Labute approximate surface area is 135 Å². The van der Waals surface area contributed by atoms with Crippen LogP contribution in [0.1, 0.15) is 39.0 Å². The molecule has 0 bridgehead atoms. The Hall–Kier alpha value is -2.05. The first kappa shape index (κ1) is 15.8. The van der Waals surface area contributed by atoms with Crippen molar-refractivity contribution in [3.8, 4) is 0 Å². The topological polar surface area (TPSA) is 82.4 Å². The second kappa shape index (κ2) is 5.86. The zero-order chi connectivity index (χ0) is 16.6. The predicted octanol–water partition coefficient (Wildman–Crippen LogP) is 2.14. The van der Waals surface area contributed by atoms with E-state index in [9.17, 15) is 14.4 Å². The first-order valence-corrected chi connectivity index (χ1v) is 8.15. The van der Waals surface area contributed by atoms with Gasteiger partial charge < -0.3 is 4.90 Å². The van der Waals surface area contributed by atoms with E-state index in [1.54, 1.807) is 7.05 Å². The summed E-state index contributed by atoms with van der Waals surface area (Å²) in [4.78, 5) is 40.3. The zero-order valence-electron chi connectivity index (χ0n) is 13.6. The summed E-state index contributed by atoms with van der Waals surface area (Å²) in [5.41, 5.74) is -0.393. The van der Waals surface area contributed by atoms with Crippen molar-refractivity contribution in [3.05, 3.63) is 11.8 Å². The maximum Gasteiger partial charge on any atom is 0.327 e. The molecule has 0 aromatic carbocycles. The van der Waals surface area contributed by atoms with Crippen LogP contribution in [0.25, 0.3) is 0 Å². The zero-order valence-corrected chi connectivity index (χ0v) is 13.6. The van der Waals surface area contributed by atoms with E-state index in [1.807, 2.05) is 6.92 Å². The quantitative estimate of drug-likeness (QED) is 0.745. The molecule has 0 radical (unpaired) electrons. The van der Waals surface area contributed by atoms with Gasteiger partial charge in [-0.15, -0.1) is 0 Å². The number of amides is 3. The summed E-state index contributed by atoms with van der Waals surface area (Å²) in [6.07, 6.45) is 6.66. The Morgan fingerprint density at radius 1 is 1.30 bits per heavy atom. The van der Waals surface area contributed by atoms with Crippen LogP contribution in [-0.2, 0) is 9.59 Å². The molecule has 0 spiro atoms. The van der Waals surface area contributed by atoms with Gasteiger partial charge in [-0.05, 0) is 25.7 Å². The number of urea groups is 1. The van der Waals surface area contributed by atoms with E-state index < -0.39 is 5.54 Å².